The molecule has 33 heavy (non-hydrogen) atoms. The zero-order chi connectivity index (χ0) is 23.5. The smallest absolute Gasteiger partial charge is 0.255 e. The molecule has 4 aliphatic rings. The van der Waals surface area contributed by atoms with E-state index in [9.17, 15) is 9.59 Å². The van der Waals surface area contributed by atoms with Gasteiger partial charge in [-0.2, -0.15) is 0 Å². The first kappa shape index (κ1) is 22.9. The summed E-state index contributed by atoms with van der Waals surface area (Å²) in [5, 5.41) is 0. The number of hydrogen-bond acceptors (Lipinski definition) is 8. The number of aldehydes is 1. The van der Waals surface area contributed by atoms with Crippen molar-refractivity contribution in [2.24, 2.45) is 0 Å². The number of nitrogens with zero attached hydrogens (tertiary/aromatic N) is 1. The highest BCUT2D eigenvalue weighted by atomic mass is 16.8. The predicted octanol–water partition coefficient (Wildman–Crippen LogP) is 1.59. The number of ether oxygens (including phenoxy) is 6. The van der Waals surface area contributed by atoms with Crippen molar-refractivity contribution in [3.05, 3.63) is 35.9 Å². The minimum Gasteiger partial charge on any atom is -0.369 e. The van der Waals surface area contributed by atoms with Gasteiger partial charge in [-0.25, -0.2) is 0 Å². The summed E-state index contributed by atoms with van der Waals surface area (Å²) in [6.45, 7) is 7.52. The number of β-lactam (4-membered cyclic amide) rings is 1. The zero-order valence-corrected chi connectivity index (χ0v) is 19.5. The highest BCUT2D eigenvalue weighted by Gasteiger charge is 2.65. The Labute approximate surface area is 193 Å². The molecule has 0 aliphatic carbocycles. The van der Waals surface area contributed by atoms with Gasteiger partial charge in [0.25, 0.3) is 5.91 Å². The predicted molar refractivity (Wildman–Crippen MR) is 114 cm³/mol. The van der Waals surface area contributed by atoms with Crippen LogP contribution in [0, 0.1) is 0 Å². The standard InChI is InChI=1S/C24H31NO8/c1-23(2)29-12-15(31-23)19-18(32-24(3,4)33-19)14(11-26)25-16(21(28-5)22(25)27)20-17(30-20)13-9-7-6-8-10-13/h6-11,14-21H,12H2,1-5H3/t14-,15+,16-,17-,18+,19+,20-,21+/m0/s1. The van der Waals surface area contributed by atoms with Crippen molar-refractivity contribution in [3.63, 3.8) is 0 Å². The number of amides is 1. The van der Waals surface area contributed by atoms with Crippen LogP contribution in [0.25, 0.3) is 0 Å². The topological polar surface area (TPSA) is 96.1 Å². The van der Waals surface area contributed by atoms with Crippen molar-refractivity contribution < 1.29 is 38.0 Å². The van der Waals surface area contributed by atoms with Crippen LogP contribution < -0.4 is 0 Å². The van der Waals surface area contributed by atoms with E-state index in [1.807, 2.05) is 44.2 Å². The Hall–Kier alpha value is -1.88. The normalized spacial score (nSPS) is 39.8. The molecule has 8 atom stereocenters. The number of hydrogen-bond donors (Lipinski definition) is 0. The van der Waals surface area contributed by atoms with Crippen molar-refractivity contribution in [3.8, 4) is 0 Å². The van der Waals surface area contributed by atoms with Crippen molar-refractivity contribution >= 4 is 12.2 Å². The summed E-state index contributed by atoms with van der Waals surface area (Å²) in [4.78, 5) is 27.0. The average molecular weight is 462 g/mol. The highest BCUT2D eigenvalue weighted by molar-refractivity contribution is 5.91. The molecule has 1 aromatic rings. The first-order valence-corrected chi connectivity index (χ1v) is 11.3. The molecule has 0 aromatic heterocycles. The van der Waals surface area contributed by atoms with Crippen LogP contribution in [0.1, 0.15) is 39.4 Å². The number of methoxy groups -OCH3 is 1. The minimum atomic E-state index is -0.945. The number of carbonyl (C=O) groups is 2. The van der Waals surface area contributed by atoms with Crippen LogP contribution in [0.5, 0.6) is 0 Å². The third kappa shape index (κ3) is 4.00. The molecule has 0 N–H and O–H groups in total. The monoisotopic (exact) mass is 461 g/mol. The second-order valence-electron chi connectivity index (χ2n) is 9.88. The minimum absolute atomic E-state index is 0.155. The molecule has 0 radical (unpaired) electrons. The fraction of sp³-hybridized carbons (Fsp3) is 0.667. The molecule has 1 aromatic carbocycles. The van der Waals surface area contributed by atoms with Gasteiger partial charge in [0.2, 0.25) is 0 Å². The van der Waals surface area contributed by atoms with Gasteiger partial charge in [-0.05, 0) is 33.3 Å². The maximum Gasteiger partial charge on any atom is 0.255 e. The first-order valence-electron chi connectivity index (χ1n) is 11.3. The molecule has 4 fully saturated rings. The summed E-state index contributed by atoms with van der Waals surface area (Å²) >= 11 is 0. The molecule has 0 saturated carbocycles. The Morgan fingerprint density at radius 1 is 1.06 bits per heavy atom. The maximum atomic E-state index is 13.1. The number of benzene rings is 1. The molecule has 1 amide bonds. The molecule has 9 heteroatoms. The number of carbonyl (C=O) groups excluding carboxylic acids is 2. The lowest BCUT2D eigenvalue weighted by Gasteiger charge is -2.49. The van der Waals surface area contributed by atoms with Crippen molar-refractivity contribution in [2.45, 2.75) is 88.0 Å². The summed E-state index contributed by atoms with van der Waals surface area (Å²) in [6.07, 6.45) is -2.09. The van der Waals surface area contributed by atoms with Gasteiger partial charge in [-0.3, -0.25) is 4.79 Å². The van der Waals surface area contributed by atoms with E-state index in [1.54, 1.807) is 13.8 Å². The van der Waals surface area contributed by atoms with Crippen LogP contribution in [-0.4, -0.2) is 85.0 Å². The van der Waals surface area contributed by atoms with Gasteiger partial charge < -0.3 is 38.1 Å². The molecule has 0 spiro atoms. The molecule has 0 unspecified atom stereocenters. The molecular formula is C24H31NO8. The lowest BCUT2D eigenvalue weighted by molar-refractivity contribution is -0.188. The molecule has 180 valence electrons. The van der Waals surface area contributed by atoms with E-state index in [1.165, 1.54) is 12.0 Å². The summed E-state index contributed by atoms with van der Waals surface area (Å²) in [6, 6.07) is 8.51. The Balaban J connectivity index is 1.39. The average Bonchev–Trinajstić information content (AvgIpc) is 3.37. The molecule has 5 rings (SSSR count). The second kappa shape index (κ2) is 8.11. The molecule has 4 saturated heterocycles. The van der Waals surface area contributed by atoms with Crippen LogP contribution in [-0.2, 0) is 38.0 Å². The highest BCUT2D eigenvalue weighted by Crippen LogP contribution is 2.48. The molecule has 0 bridgehead atoms. The first-order chi connectivity index (χ1) is 15.7. The number of likely N-dealkylation sites (tertiary alicyclic amines) is 1. The van der Waals surface area contributed by atoms with Crippen LogP contribution in [0.4, 0.5) is 0 Å². The number of rotatable bonds is 7. The quantitative estimate of drug-likeness (QED) is 0.343. The Kier molecular flexibility index (Phi) is 5.63. The van der Waals surface area contributed by atoms with Gasteiger partial charge in [-0.1, -0.05) is 30.3 Å². The van der Waals surface area contributed by atoms with Crippen LogP contribution in [0.3, 0.4) is 0 Å². The third-order valence-corrected chi connectivity index (χ3v) is 6.73. The maximum absolute atomic E-state index is 13.1. The Morgan fingerprint density at radius 3 is 2.39 bits per heavy atom. The summed E-state index contributed by atoms with van der Waals surface area (Å²) in [7, 11) is 1.50. The van der Waals surface area contributed by atoms with Gasteiger partial charge in [-0.15, -0.1) is 0 Å². The number of epoxide rings is 1. The van der Waals surface area contributed by atoms with E-state index >= 15 is 0 Å². The van der Waals surface area contributed by atoms with Crippen molar-refractivity contribution in [1.82, 2.24) is 4.90 Å². The van der Waals surface area contributed by atoms with Gasteiger partial charge in [0.1, 0.15) is 42.8 Å². The lowest BCUT2D eigenvalue weighted by atomic mass is 9.87. The van der Waals surface area contributed by atoms with E-state index < -0.39 is 48.1 Å². The fourth-order valence-corrected chi connectivity index (χ4v) is 5.26. The summed E-state index contributed by atoms with van der Waals surface area (Å²) in [5.41, 5.74) is 1.03. The van der Waals surface area contributed by atoms with E-state index in [2.05, 4.69) is 0 Å². The Morgan fingerprint density at radius 2 is 1.79 bits per heavy atom. The van der Waals surface area contributed by atoms with Gasteiger partial charge in [0.05, 0.1) is 12.6 Å². The van der Waals surface area contributed by atoms with Crippen molar-refractivity contribution in [1.29, 1.82) is 0 Å². The van der Waals surface area contributed by atoms with Gasteiger partial charge in [0, 0.05) is 7.11 Å². The van der Waals surface area contributed by atoms with E-state index in [0.29, 0.717) is 6.61 Å². The zero-order valence-electron chi connectivity index (χ0n) is 19.5. The molecule has 4 aliphatic heterocycles. The van der Waals surface area contributed by atoms with E-state index in [4.69, 9.17) is 28.4 Å². The van der Waals surface area contributed by atoms with E-state index in [0.717, 1.165) is 11.8 Å². The van der Waals surface area contributed by atoms with E-state index in [-0.39, 0.29) is 18.1 Å². The SMILES string of the molecule is CO[C@H]1C(=O)N([C@@H](C=O)[C@H]2OC(C)(C)O[C@@H]2[C@H]2COC(C)(C)O2)[C@H]1[C@@H]1O[C@H]1c1ccccc1. The second-order valence-corrected chi connectivity index (χ2v) is 9.88. The molecular weight excluding hydrogens is 430 g/mol. The largest absolute Gasteiger partial charge is 0.369 e. The fourth-order valence-electron chi connectivity index (χ4n) is 5.26. The lowest BCUT2D eigenvalue weighted by Crippen LogP contribution is -2.73. The van der Waals surface area contributed by atoms with Crippen molar-refractivity contribution in [2.75, 3.05) is 13.7 Å². The summed E-state index contributed by atoms with van der Waals surface area (Å²) in [5.74, 6) is -1.97. The molecule has 9 nitrogen and oxygen atoms in total. The van der Waals surface area contributed by atoms with Crippen LogP contribution >= 0.6 is 0 Å². The summed E-state index contributed by atoms with van der Waals surface area (Å²) < 4.78 is 35.5. The Bertz CT molecular complexity index is 905. The van der Waals surface area contributed by atoms with Gasteiger partial charge in [0.15, 0.2) is 17.7 Å². The van der Waals surface area contributed by atoms with Crippen LogP contribution in [0.15, 0.2) is 30.3 Å². The van der Waals surface area contributed by atoms with Gasteiger partial charge >= 0.3 is 0 Å². The third-order valence-electron chi connectivity index (χ3n) is 6.73. The molecule has 4 heterocycles. The van der Waals surface area contributed by atoms with Crippen LogP contribution in [0.2, 0.25) is 0 Å².